The van der Waals surface area contributed by atoms with Crippen LogP contribution in [0.3, 0.4) is 0 Å². The predicted molar refractivity (Wildman–Crippen MR) is 103 cm³/mol. The molecular weight excluding hydrogens is 406 g/mol. The lowest BCUT2D eigenvalue weighted by molar-refractivity contribution is -0.122. The van der Waals surface area contributed by atoms with Crippen LogP contribution in [0.25, 0.3) is 0 Å². The summed E-state index contributed by atoms with van der Waals surface area (Å²) in [6.07, 6.45) is 4.14. The van der Waals surface area contributed by atoms with Crippen LogP contribution in [-0.4, -0.2) is 44.1 Å². The lowest BCUT2D eigenvalue weighted by Gasteiger charge is -2.25. The fourth-order valence-corrected chi connectivity index (χ4v) is 4.94. The number of amides is 2. The maximum Gasteiger partial charge on any atom is 0.275 e. The van der Waals surface area contributed by atoms with Crippen molar-refractivity contribution in [2.75, 3.05) is 11.9 Å². The van der Waals surface area contributed by atoms with Crippen molar-refractivity contribution >= 4 is 17.6 Å². The van der Waals surface area contributed by atoms with Crippen LogP contribution in [0, 0.1) is 23.5 Å². The molecule has 156 valence electrons. The van der Waals surface area contributed by atoms with Gasteiger partial charge in [-0.15, -0.1) is 0 Å². The van der Waals surface area contributed by atoms with Crippen LogP contribution >= 0.6 is 0 Å². The first-order valence-electron chi connectivity index (χ1n) is 9.81. The van der Waals surface area contributed by atoms with Crippen LogP contribution in [0.1, 0.15) is 27.7 Å². The number of fused-ring (bicyclic) bond motifs is 1. The lowest BCUT2D eigenvalue weighted by atomic mass is 9.95. The van der Waals surface area contributed by atoms with E-state index in [1.807, 2.05) is 0 Å². The zero-order valence-corrected chi connectivity index (χ0v) is 16.3. The second-order valence-corrected chi connectivity index (χ2v) is 8.14. The molecule has 4 aliphatic rings. The molecule has 2 aliphatic heterocycles. The number of aromatic nitrogens is 4. The van der Waals surface area contributed by atoms with Crippen molar-refractivity contribution in [3.05, 3.63) is 71.4 Å². The predicted octanol–water partition coefficient (Wildman–Crippen LogP) is 1.49. The normalized spacial score (nSPS) is 27.3. The van der Waals surface area contributed by atoms with Crippen LogP contribution in [-0.2, 0) is 11.3 Å². The van der Waals surface area contributed by atoms with Crippen molar-refractivity contribution in [1.82, 2.24) is 25.1 Å². The van der Waals surface area contributed by atoms with Crippen LogP contribution in [0.15, 0.2) is 42.9 Å². The molecule has 1 unspecified atom stereocenters. The molecule has 2 bridgehead atoms. The molecule has 0 saturated heterocycles. The van der Waals surface area contributed by atoms with E-state index in [4.69, 9.17) is 0 Å². The van der Waals surface area contributed by atoms with Gasteiger partial charge in [-0.05, 0) is 6.07 Å². The van der Waals surface area contributed by atoms with E-state index in [0.717, 1.165) is 11.9 Å². The molecule has 1 aromatic carbocycles. The first kappa shape index (κ1) is 18.1. The van der Waals surface area contributed by atoms with Crippen molar-refractivity contribution in [1.29, 1.82) is 0 Å². The van der Waals surface area contributed by atoms with E-state index < -0.39 is 28.8 Å². The van der Waals surface area contributed by atoms with Gasteiger partial charge in [0.1, 0.15) is 11.4 Å². The molecule has 2 aromatic heterocycles. The number of benzene rings is 1. The van der Waals surface area contributed by atoms with E-state index in [2.05, 4.69) is 20.4 Å². The van der Waals surface area contributed by atoms with Crippen LogP contribution in [0.5, 0.6) is 0 Å². The highest BCUT2D eigenvalue weighted by molar-refractivity contribution is 6.10. The van der Waals surface area contributed by atoms with Crippen LogP contribution < -0.4 is 10.2 Å². The molecule has 2 saturated carbocycles. The summed E-state index contributed by atoms with van der Waals surface area (Å²) < 4.78 is 29.5. The van der Waals surface area contributed by atoms with Gasteiger partial charge in [0.2, 0.25) is 0 Å². The molecule has 2 amide bonds. The largest absolute Gasteiger partial charge is 0.336 e. The Labute approximate surface area is 174 Å². The number of rotatable bonds is 4. The molecule has 0 spiro atoms. The number of likely N-dealkylation sites (N-methyl/N-ethyl adjacent to an activating group) is 1. The fourth-order valence-electron chi connectivity index (χ4n) is 4.94. The van der Waals surface area contributed by atoms with Gasteiger partial charge in [-0.1, -0.05) is 18.2 Å². The summed E-state index contributed by atoms with van der Waals surface area (Å²) in [5.41, 5.74) is -0.445. The van der Waals surface area contributed by atoms with Crippen molar-refractivity contribution in [3.63, 3.8) is 0 Å². The van der Waals surface area contributed by atoms with E-state index in [9.17, 15) is 18.4 Å². The van der Waals surface area contributed by atoms with Gasteiger partial charge in [0, 0.05) is 42.8 Å². The second kappa shape index (κ2) is 5.93. The van der Waals surface area contributed by atoms with E-state index in [1.54, 1.807) is 31.4 Å². The summed E-state index contributed by atoms with van der Waals surface area (Å²) in [5.74, 6) is -1.96. The number of carbonyl (C=O) groups is 2. The lowest BCUT2D eigenvalue weighted by Crippen LogP contribution is -2.54. The number of hydrogen-bond donors (Lipinski definition) is 1. The maximum atomic E-state index is 14.5. The van der Waals surface area contributed by atoms with Crippen molar-refractivity contribution < 1.29 is 18.4 Å². The number of nitrogens with one attached hydrogen (secondary N) is 1. The summed E-state index contributed by atoms with van der Waals surface area (Å²) in [6.45, 7) is -0.0241. The molecule has 0 radical (unpaired) electrons. The standard InChI is InChI=1S/C21H16F2N6O2/c1-28-18-17(24-6-7-25-18)13-14-15(13)21(14,20(28)31)26-19(30)16-12(23)9-29(27-16)8-10-4-2-3-5-11(10)22/h2-7,9,13-15H,8H2,1H3,(H,26,30)/t13-,14+,15?,21+/m0/s1. The van der Waals surface area contributed by atoms with Crippen molar-refractivity contribution in [3.8, 4) is 0 Å². The Morgan fingerprint density at radius 2 is 1.90 bits per heavy atom. The Hall–Kier alpha value is -3.69. The molecule has 8 nitrogen and oxygen atoms in total. The smallest absolute Gasteiger partial charge is 0.275 e. The third-order valence-electron chi connectivity index (χ3n) is 6.50. The third kappa shape index (κ3) is 2.35. The molecule has 31 heavy (non-hydrogen) atoms. The van der Waals surface area contributed by atoms with Crippen LogP contribution in [0.4, 0.5) is 14.6 Å². The minimum atomic E-state index is -1.08. The maximum absolute atomic E-state index is 14.5. The number of carbonyl (C=O) groups excluding carboxylic acids is 2. The highest BCUT2D eigenvalue weighted by Crippen LogP contribution is 2.81. The summed E-state index contributed by atoms with van der Waals surface area (Å²) in [5, 5.41) is 6.71. The Balaban J connectivity index is 1.25. The molecule has 2 fully saturated rings. The molecular formula is C21H16F2N6O2. The molecule has 10 heteroatoms. The van der Waals surface area contributed by atoms with Crippen LogP contribution in [0.2, 0.25) is 0 Å². The highest BCUT2D eigenvalue weighted by Gasteiger charge is 2.90. The Kier molecular flexibility index (Phi) is 3.46. The first-order valence-corrected chi connectivity index (χ1v) is 9.81. The van der Waals surface area contributed by atoms with E-state index in [0.29, 0.717) is 11.4 Å². The quantitative estimate of drug-likeness (QED) is 0.688. The zero-order chi connectivity index (χ0) is 21.5. The summed E-state index contributed by atoms with van der Waals surface area (Å²) in [7, 11) is 1.59. The topological polar surface area (TPSA) is 93.0 Å². The SMILES string of the molecule is CN1C(=O)[C@]2(NC(=O)c3nn(Cc4ccccc4F)cc3F)C3[C@@H](c4nccnc41)[C@H]32. The zero-order valence-electron chi connectivity index (χ0n) is 16.3. The molecule has 4 heterocycles. The van der Waals surface area contributed by atoms with Gasteiger partial charge in [0.05, 0.1) is 18.4 Å². The fraction of sp³-hybridized carbons (Fsp3) is 0.286. The number of anilines is 1. The Bertz CT molecular complexity index is 1260. The molecule has 3 aromatic rings. The molecule has 4 atom stereocenters. The average molecular weight is 422 g/mol. The van der Waals surface area contributed by atoms with Gasteiger partial charge in [-0.25, -0.2) is 13.8 Å². The number of halogens is 2. The Morgan fingerprint density at radius 1 is 1.16 bits per heavy atom. The summed E-state index contributed by atoms with van der Waals surface area (Å²) >= 11 is 0. The minimum Gasteiger partial charge on any atom is -0.336 e. The van der Waals surface area contributed by atoms with E-state index >= 15 is 0 Å². The first-order chi connectivity index (χ1) is 14.9. The van der Waals surface area contributed by atoms with Gasteiger partial charge >= 0.3 is 0 Å². The van der Waals surface area contributed by atoms with E-state index in [-0.39, 0.29) is 30.2 Å². The molecule has 2 aliphatic carbocycles. The van der Waals surface area contributed by atoms with Crippen molar-refractivity contribution in [2.24, 2.45) is 11.8 Å². The second-order valence-electron chi connectivity index (χ2n) is 8.14. The summed E-state index contributed by atoms with van der Waals surface area (Å²) in [4.78, 5) is 36.0. The van der Waals surface area contributed by atoms with E-state index in [1.165, 1.54) is 21.8 Å². The number of nitrogens with zero attached hydrogens (tertiary/aromatic N) is 5. The van der Waals surface area contributed by atoms with Gasteiger partial charge in [0.25, 0.3) is 11.8 Å². The van der Waals surface area contributed by atoms with Gasteiger partial charge in [0.15, 0.2) is 17.3 Å². The monoisotopic (exact) mass is 422 g/mol. The van der Waals surface area contributed by atoms with Gasteiger partial charge in [-0.3, -0.25) is 24.2 Å². The average Bonchev–Trinajstić information content (AvgIpc) is 3.63. The third-order valence-corrected chi connectivity index (χ3v) is 6.50. The number of hydrogen-bond acceptors (Lipinski definition) is 5. The Morgan fingerprint density at radius 3 is 2.68 bits per heavy atom. The molecule has 1 N–H and O–H groups in total. The van der Waals surface area contributed by atoms with Gasteiger partial charge < -0.3 is 5.32 Å². The summed E-state index contributed by atoms with van der Waals surface area (Å²) in [6, 6.07) is 6.08. The van der Waals surface area contributed by atoms with Gasteiger partial charge in [-0.2, -0.15) is 5.10 Å². The highest BCUT2D eigenvalue weighted by atomic mass is 19.1. The van der Waals surface area contributed by atoms with Crippen molar-refractivity contribution in [2.45, 2.75) is 18.0 Å². The minimum absolute atomic E-state index is 0.0241. The molecule has 7 rings (SSSR count).